The van der Waals surface area contributed by atoms with Crippen LogP contribution in [0.15, 0.2) is 101 Å². The zero-order valence-electron chi connectivity index (χ0n) is 27.2. The van der Waals surface area contributed by atoms with Gasteiger partial charge in [-0.2, -0.15) is 8.61 Å². The van der Waals surface area contributed by atoms with Gasteiger partial charge in [-0.3, -0.25) is 0 Å². The molecule has 10 heteroatoms. The van der Waals surface area contributed by atoms with Gasteiger partial charge in [0.2, 0.25) is 20.0 Å². The van der Waals surface area contributed by atoms with Crippen LogP contribution in [-0.4, -0.2) is 58.7 Å². The summed E-state index contributed by atoms with van der Waals surface area (Å²) in [5.41, 5.74) is 6.30. The first-order chi connectivity index (χ1) is 21.9. The molecule has 1 fully saturated rings. The van der Waals surface area contributed by atoms with Crippen molar-refractivity contribution in [3.8, 4) is 5.75 Å². The van der Waals surface area contributed by atoms with Crippen LogP contribution >= 0.6 is 0 Å². The van der Waals surface area contributed by atoms with E-state index in [1.165, 1.54) is 38.4 Å². The lowest BCUT2D eigenvalue weighted by atomic mass is 10.0. The molecule has 46 heavy (non-hydrogen) atoms. The van der Waals surface area contributed by atoms with E-state index in [1.807, 2.05) is 36.4 Å². The zero-order chi connectivity index (χ0) is 33.1. The molecule has 0 saturated carbocycles. The van der Waals surface area contributed by atoms with Crippen LogP contribution in [0.4, 0.5) is 5.69 Å². The van der Waals surface area contributed by atoms with Crippen molar-refractivity contribution in [1.82, 2.24) is 8.61 Å². The maximum absolute atomic E-state index is 14.1. The minimum Gasteiger partial charge on any atom is -0.497 e. The van der Waals surface area contributed by atoms with Crippen LogP contribution in [0.25, 0.3) is 0 Å². The Bertz CT molecular complexity index is 1850. The third-order valence-corrected chi connectivity index (χ3v) is 12.3. The number of anilines is 1. The van der Waals surface area contributed by atoms with Crippen molar-refractivity contribution < 1.29 is 21.6 Å². The van der Waals surface area contributed by atoms with E-state index in [0.717, 1.165) is 27.9 Å². The molecule has 0 aromatic heterocycles. The molecule has 0 bridgehead atoms. The number of sulfonamides is 2. The summed E-state index contributed by atoms with van der Waals surface area (Å²) in [6.07, 6.45) is 0. The largest absolute Gasteiger partial charge is 0.497 e. The molecule has 1 aliphatic heterocycles. The number of ether oxygens (including phenoxy) is 1. The van der Waals surface area contributed by atoms with Crippen LogP contribution < -0.4 is 9.64 Å². The Morgan fingerprint density at radius 3 is 1.80 bits per heavy atom. The Kier molecular flexibility index (Phi) is 10.2. The van der Waals surface area contributed by atoms with Gasteiger partial charge in [-0.25, -0.2) is 16.8 Å². The van der Waals surface area contributed by atoms with E-state index in [2.05, 4.69) is 50.8 Å². The van der Waals surface area contributed by atoms with E-state index in [4.69, 9.17) is 4.74 Å². The van der Waals surface area contributed by atoms with Crippen LogP contribution in [0, 0.1) is 13.8 Å². The lowest BCUT2D eigenvalue weighted by Crippen LogP contribution is -2.48. The first-order valence-electron chi connectivity index (χ1n) is 15.5. The molecule has 0 radical (unpaired) electrons. The van der Waals surface area contributed by atoms with Crippen LogP contribution in [0.1, 0.15) is 47.6 Å². The van der Waals surface area contributed by atoms with Crippen LogP contribution in [-0.2, 0) is 33.1 Å². The molecule has 0 unspecified atom stereocenters. The van der Waals surface area contributed by atoms with Crippen molar-refractivity contribution in [2.75, 3.05) is 38.2 Å². The standard InChI is InChI=1S/C36H43N3O5S2/c1-27(2)32-12-8-30(9-13-32)25-39(26-31-10-14-33(44-5)15-11-31)46(42,43)35-18-16-34(17-19-35)45(40,41)38-22-20-37(21-23-38)36-24-28(3)6-7-29(36)4/h6-19,24,27H,20-23,25-26H2,1-5H3. The number of methoxy groups -OCH3 is 1. The molecule has 4 aromatic rings. The predicted octanol–water partition coefficient (Wildman–Crippen LogP) is 6.34. The lowest BCUT2D eigenvalue weighted by molar-refractivity contribution is 0.384. The van der Waals surface area contributed by atoms with E-state index in [9.17, 15) is 16.8 Å². The second kappa shape index (κ2) is 14.0. The Balaban J connectivity index is 1.35. The summed E-state index contributed by atoms with van der Waals surface area (Å²) in [5.74, 6) is 1.05. The van der Waals surface area contributed by atoms with Gasteiger partial charge in [-0.05, 0) is 90.0 Å². The summed E-state index contributed by atoms with van der Waals surface area (Å²) in [6.45, 7) is 10.5. The molecule has 0 atom stereocenters. The van der Waals surface area contributed by atoms with Crippen molar-refractivity contribution in [3.05, 3.63) is 119 Å². The van der Waals surface area contributed by atoms with Gasteiger partial charge >= 0.3 is 0 Å². The normalized spacial score (nSPS) is 14.6. The maximum atomic E-state index is 14.1. The smallest absolute Gasteiger partial charge is 0.243 e. The number of hydrogen-bond donors (Lipinski definition) is 0. The number of hydrogen-bond acceptors (Lipinski definition) is 6. The highest BCUT2D eigenvalue weighted by atomic mass is 32.2. The van der Waals surface area contributed by atoms with Gasteiger partial charge < -0.3 is 9.64 Å². The molecule has 5 rings (SSSR count). The highest BCUT2D eigenvalue weighted by Gasteiger charge is 2.31. The van der Waals surface area contributed by atoms with E-state index in [0.29, 0.717) is 37.8 Å². The maximum Gasteiger partial charge on any atom is 0.243 e. The topological polar surface area (TPSA) is 87.2 Å². The first kappa shape index (κ1) is 33.7. The quantitative estimate of drug-likeness (QED) is 0.187. The Morgan fingerprint density at radius 1 is 0.717 bits per heavy atom. The van der Waals surface area contributed by atoms with Crippen LogP contribution in [0.3, 0.4) is 0 Å². The van der Waals surface area contributed by atoms with Gasteiger partial charge in [0.05, 0.1) is 16.9 Å². The summed E-state index contributed by atoms with van der Waals surface area (Å²) < 4.78 is 63.5. The molecule has 0 amide bonds. The highest BCUT2D eigenvalue weighted by Crippen LogP contribution is 2.28. The van der Waals surface area contributed by atoms with Gasteiger partial charge in [0.25, 0.3) is 0 Å². The fourth-order valence-corrected chi connectivity index (χ4v) is 8.52. The first-order valence-corrected chi connectivity index (χ1v) is 18.4. The SMILES string of the molecule is COc1ccc(CN(Cc2ccc(C(C)C)cc2)S(=O)(=O)c2ccc(S(=O)(=O)N3CCN(c4cc(C)ccc4C)CC3)cc2)cc1. The van der Waals surface area contributed by atoms with Crippen LogP contribution in [0.2, 0.25) is 0 Å². The molecule has 8 nitrogen and oxygen atoms in total. The molecule has 0 N–H and O–H groups in total. The second-order valence-electron chi connectivity index (χ2n) is 12.2. The number of rotatable bonds is 11. The summed E-state index contributed by atoms with van der Waals surface area (Å²) in [5, 5.41) is 0. The Hall–Kier alpha value is -3.70. The van der Waals surface area contributed by atoms with Gasteiger partial charge in [-0.15, -0.1) is 0 Å². The van der Waals surface area contributed by atoms with E-state index >= 15 is 0 Å². The van der Waals surface area contributed by atoms with Crippen molar-refractivity contribution >= 4 is 25.7 Å². The summed E-state index contributed by atoms with van der Waals surface area (Å²) >= 11 is 0. The van der Waals surface area contributed by atoms with E-state index in [-0.39, 0.29) is 22.9 Å². The molecule has 1 heterocycles. The van der Waals surface area contributed by atoms with Crippen molar-refractivity contribution in [2.24, 2.45) is 0 Å². The fourth-order valence-electron chi connectivity index (χ4n) is 5.68. The van der Waals surface area contributed by atoms with Gasteiger partial charge in [-0.1, -0.05) is 62.4 Å². The van der Waals surface area contributed by atoms with Gasteiger partial charge in [0.1, 0.15) is 5.75 Å². The van der Waals surface area contributed by atoms with Gasteiger partial charge in [0, 0.05) is 45.0 Å². The third-order valence-electron chi connectivity index (χ3n) is 8.57. The second-order valence-corrected chi connectivity index (χ2v) is 16.0. The van der Waals surface area contributed by atoms with Gasteiger partial charge in [0.15, 0.2) is 0 Å². The number of piperazine rings is 1. The molecule has 1 saturated heterocycles. The molecule has 0 spiro atoms. The molecule has 1 aliphatic rings. The highest BCUT2D eigenvalue weighted by molar-refractivity contribution is 7.89. The average Bonchev–Trinajstić information content (AvgIpc) is 3.06. The molecule has 244 valence electrons. The number of nitrogens with zero attached hydrogens (tertiary/aromatic N) is 3. The average molecular weight is 662 g/mol. The fraction of sp³-hybridized carbons (Fsp3) is 0.333. The van der Waals surface area contributed by atoms with Crippen molar-refractivity contribution in [3.63, 3.8) is 0 Å². The van der Waals surface area contributed by atoms with Crippen molar-refractivity contribution in [2.45, 2.75) is 56.5 Å². The summed E-state index contributed by atoms with van der Waals surface area (Å²) in [6, 6.07) is 27.2. The Morgan fingerprint density at radius 2 is 1.26 bits per heavy atom. The minimum atomic E-state index is -3.99. The molecular weight excluding hydrogens is 619 g/mol. The zero-order valence-corrected chi connectivity index (χ0v) is 28.8. The molecular formula is C36H43N3O5S2. The lowest BCUT2D eigenvalue weighted by Gasteiger charge is -2.36. The number of aryl methyl sites for hydroxylation is 2. The van der Waals surface area contributed by atoms with E-state index in [1.54, 1.807) is 19.2 Å². The third kappa shape index (κ3) is 7.47. The molecule has 0 aliphatic carbocycles. The Labute approximate surface area is 274 Å². The summed E-state index contributed by atoms with van der Waals surface area (Å²) in [7, 11) is -6.20. The minimum absolute atomic E-state index is 0.0403. The van der Waals surface area contributed by atoms with Crippen LogP contribution in [0.5, 0.6) is 5.75 Å². The predicted molar refractivity (Wildman–Crippen MR) is 183 cm³/mol. The van der Waals surface area contributed by atoms with E-state index < -0.39 is 20.0 Å². The molecule has 4 aromatic carbocycles. The van der Waals surface area contributed by atoms with Crippen molar-refractivity contribution in [1.29, 1.82) is 0 Å². The number of benzene rings is 4. The monoisotopic (exact) mass is 661 g/mol. The summed E-state index contributed by atoms with van der Waals surface area (Å²) in [4.78, 5) is 2.34.